The Morgan fingerprint density at radius 1 is 1.42 bits per heavy atom. The van der Waals surface area contributed by atoms with E-state index in [1.165, 1.54) is 0 Å². The predicted molar refractivity (Wildman–Crippen MR) is 79.1 cm³/mol. The predicted octanol–water partition coefficient (Wildman–Crippen LogP) is 3.40. The Morgan fingerprint density at radius 2 is 2.16 bits per heavy atom. The van der Waals surface area contributed by atoms with E-state index in [9.17, 15) is 4.79 Å². The molecule has 0 atom stereocenters. The Balaban J connectivity index is 1.88. The van der Waals surface area contributed by atoms with Gasteiger partial charge in [0.25, 0.3) is 0 Å². The molecule has 0 radical (unpaired) electrons. The number of nitrogens with zero attached hydrogens (tertiary/aromatic N) is 1. The first-order valence-electron chi connectivity index (χ1n) is 6.80. The monoisotopic (exact) mass is 323 g/mol. The molecule has 0 bridgehead atoms. The average Bonchev–Trinajstić information content (AvgIpc) is 2.51. The van der Waals surface area contributed by atoms with Gasteiger partial charge in [-0.3, -0.25) is 4.79 Å². The van der Waals surface area contributed by atoms with Crippen molar-refractivity contribution in [2.24, 2.45) is 11.3 Å². The molecule has 2 aliphatic rings. The Kier molecular flexibility index (Phi) is 3.25. The highest BCUT2D eigenvalue weighted by atomic mass is 79.9. The molecule has 3 rings (SSSR count). The molecule has 1 saturated carbocycles. The molecule has 5 heteroatoms. The number of anilines is 2. The number of rotatable bonds is 0. The maximum absolute atomic E-state index is 12.6. The fraction of sp³-hybridized carbons (Fsp3) is 0.571. The first kappa shape index (κ1) is 12.9. The number of aromatic nitrogens is 1. The van der Waals surface area contributed by atoms with Crippen molar-refractivity contribution in [3.63, 3.8) is 0 Å². The van der Waals surface area contributed by atoms with Gasteiger partial charge in [0.1, 0.15) is 5.82 Å². The smallest absolute Gasteiger partial charge is 0.232 e. The summed E-state index contributed by atoms with van der Waals surface area (Å²) in [5.41, 5.74) is 0.509. The van der Waals surface area contributed by atoms with Crippen LogP contribution in [-0.4, -0.2) is 17.4 Å². The van der Waals surface area contributed by atoms with Crippen molar-refractivity contribution in [3.05, 3.63) is 16.7 Å². The van der Waals surface area contributed by atoms with Crippen molar-refractivity contribution in [1.82, 2.24) is 4.98 Å². The number of hydrogen-bond donors (Lipinski definition) is 2. The van der Waals surface area contributed by atoms with Crippen LogP contribution in [0.15, 0.2) is 16.7 Å². The fourth-order valence-corrected chi connectivity index (χ4v) is 3.31. The van der Waals surface area contributed by atoms with Crippen molar-refractivity contribution in [1.29, 1.82) is 0 Å². The van der Waals surface area contributed by atoms with Gasteiger partial charge in [-0.1, -0.05) is 6.92 Å². The number of carbonyl (C=O) groups excluding carboxylic acids is 1. The molecule has 1 aliphatic heterocycles. The second-order valence-electron chi connectivity index (χ2n) is 5.82. The maximum Gasteiger partial charge on any atom is 0.232 e. The van der Waals surface area contributed by atoms with Crippen LogP contribution < -0.4 is 10.6 Å². The zero-order chi connectivity index (χ0) is 13.5. The highest BCUT2D eigenvalue weighted by molar-refractivity contribution is 9.10. The van der Waals surface area contributed by atoms with Crippen LogP contribution in [0.4, 0.5) is 11.5 Å². The molecule has 0 aromatic carbocycles. The van der Waals surface area contributed by atoms with Gasteiger partial charge in [-0.25, -0.2) is 4.98 Å². The van der Waals surface area contributed by atoms with E-state index in [4.69, 9.17) is 0 Å². The highest BCUT2D eigenvalue weighted by Crippen LogP contribution is 2.42. The molecule has 1 spiro atoms. The molecular weight excluding hydrogens is 306 g/mol. The van der Waals surface area contributed by atoms with Crippen molar-refractivity contribution >= 4 is 33.3 Å². The minimum Gasteiger partial charge on any atom is -0.367 e. The summed E-state index contributed by atoms with van der Waals surface area (Å²) in [7, 11) is 0. The Labute approximate surface area is 121 Å². The van der Waals surface area contributed by atoms with E-state index in [1.54, 1.807) is 6.20 Å². The van der Waals surface area contributed by atoms with Gasteiger partial charge in [0.05, 0.1) is 11.1 Å². The molecule has 1 aromatic heterocycles. The summed E-state index contributed by atoms with van der Waals surface area (Å²) in [5.74, 6) is 1.65. The van der Waals surface area contributed by atoms with Crippen molar-refractivity contribution in [3.8, 4) is 0 Å². The number of halogens is 1. The number of fused-ring (bicyclic) bond motifs is 1. The third-order valence-electron chi connectivity index (χ3n) is 4.41. The Bertz CT molecular complexity index is 509. The number of amides is 1. The maximum atomic E-state index is 12.6. The van der Waals surface area contributed by atoms with Gasteiger partial charge in [0.2, 0.25) is 5.91 Å². The Hall–Kier alpha value is -1.10. The normalized spacial score (nSPS) is 30.2. The van der Waals surface area contributed by atoms with Crippen LogP contribution in [0.1, 0.15) is 32.6 Å². The van der Waals surface area contributed by atoms with Crippen molar-refractivity contribution < 1.29 is 4.79 Å². The third-order valence-corrected chi connectivity index (χ3v) is 4.84. The van der Waals surface area contributed by atoms with Gasteiger partial charge >= 0.3 is 0 Å². The van der Waals surface area contributed by atoms with Gasteiger partial charge < -0.3 is 10.6 Å². The lowest BCUT2D eigenvalue weighted by atomic mass is 9.70. The average molecular weight is 324 g/mol. The molecule has 19 heavy (non-hydrogen) atoms. The number of pyridine rings is 1. The third kappa shape index (κ3) is 2.36. The lowest BCUT2D eigenvalue weighted by Crippen LogP contribution is -2.42. The summed E-state index contributed by atoms with van der Waals surface area (Å²) >= 11 is 3.39. The van der Waals surface area contributed by atoms with E-state index in [0.717, 1.165) is 47.6 Å². The second kappa shape index (κ2) is 4.78. The van der Waals surface area contributed by atoms with Crippen LogP contribution >= 0.6 is 15.9 Å². The van der Waals surface area contributed by atoms with Crippen molar-refractivity contribution in [2.45, 2.75) is 32.6 Å². The molecule has 4 nitrogen and oxygen atoms in total. The summed E-state index contributed by atoms with van der Waals surface area (Å²) in [6.07, 6.45) is 5.92. The number of nitrogens with one attached hydrogen (secondary N) is 2. The van der Waals surface area contributed by atoms with E-state index in [1.807, 2.05) is 6.07 Å². The molecule has 0 saturated heterocycles. The summed E-state index contributed by atoms with van der Waals surface area (Å²) in [6.45, 7) is 2.95. The minimum atomic E-state index is -0.264. The van der Waals surface area contributed by atoms with Gasteiger partial charge in [0.15, 0.2) is 0 Å². The number of hydrogen-bond acceptors (Lipinski definition) is 3. The molecular formula is C14H18BrN3O. The van der Waals surface area contributed by atoms with E-state index in [-0.39, 0.29) is 11.3 Å². The van der Waals surface area contributed by atoms with Gasteiger partial charge in [0, 0.05) is 17.2 Å². The Morgan fingerprint density at radius 3 is 2.89 bits per heavy atom. The van der Waals surface area contributed by atoms with Crippen LogP contribution in [0.25, 0.3) is 0 Å². The van der Waals surface area contributed by atoms with E-state index < -0.39 is 0 Å². The van der Waals surface area contributed by atoms with Crippen LogP contribution in [0.3, 0.4) is 0 Å². The zero-order valence-corrected chi connectivity index (χ0v) is 12.6. The van der Waals surface area contributed by atoms with Crippen LogP contribution in [-0.2, 0) is 4.79 Å². The minimum absolute atomic E-state index is 0.144. The van der Waals surface area contributed by atoms with E-state index in [2.05, 4.69) is 38.5 Å². The lowest BCUT2D eigenvalue weighted by Gasteiger charge is -2.36. The SMILES string of the molecule is CC1CCC2(CC1)CNc1ncc(Br)cc1NC2=O. The number of carbonyl (C=O) groups is 1. The standard InChI is InChI=1S/C14H18BrN3O/c1-9-2-4-14(5-3-9)8-17-12-11(18-13(14)19)6-10(15)7-16-12/h6-7,9H,2-5,8H2,1H3,(H,16,17)(H,18,19). The van der Waals surface area contributed by atoms with Gasteiger partial charge in [-0.15, -0.1) is 0 Å². The quantitative estimate of drug-likeness (QED) is 0.769. The topological polar surface area (TPSA) is 54.0 Å². The molecule has 1 aromatic rings. The summed E-state index contributed by atoms with van der Waals surface area (Å²) in [4.78, 5) is 16.9. The van der Waals surface area contributed by atoms with Crippen LogP contribution in [0, 0.1) is 11.3 Å². The fourth-order valence-electron chi connectivity index (χ4n) is 2.98. The molecule has 1 fully saturated rings. The molecule has 2 N–H and O–H groups in total. The molecule has 2 heterocycles. The zero-order valence-electron chi connectivity index (χ0n) is 11.0. The highest BCUT2D eigenvalue weighted by Gasteiger charge is 2.42. The molecule has 1 aliphatic carbocycles. The van der Waals surface area contributed by atoms with Crippen molar-refractivity contribution in [2.75, 3.05) is 17.2 Å². The van der Waals surface area contributed by atoms with Gasteiger partial charge in [-0.05, 0) is 53.6 Å². The summed E-state index contributed by atoms with van der Waals surface area (Å²) in [5, 5.41) is 6.39. The summed E-state index contributed by atoms with van der Waals surface area (Å²) in [6, 6.07) is 1.90. The van der Waals surface area contributed by atoms with E-state index >= 15 is 0 Å². The van der Waals surface area contributed by atoms with E-state index in [0.29, 0.717) is 6.54 Å². The van der Waals surface area contributed by atoms with Gasteiger partial charge in [-0.2, -0.15) is 0 Å². The summed E-state index contributed by atoms with van der Waals surface area (Å²) < 4.78 is 0.876. The van der Waals surface area contributed by atoms with Crippen LogP contribution in [0.5, 0.6) is 0 Å². The molecule has 0 unspecified atom stereocenters. The first-order valence-corrected chi connectivity index (χ1v) is 7.59. The first-order chi connectivity index (χ1) is 9.09. The molecule has 1 amide bonds. The second-order valence-corrected chi connectivity index (χ2v) is 6.74. The molecule has 102 valence electrons. The van der Waals surface area contributed by atoms with Crippen LogP contribution in [0.2, 0.25) is 0 Å². The lowest BCUT2D eigenvalue weighted by molar-refractivity contribution is -0.126. The largest absolute Gasteiger partial charge is 0.367 e.